The number of hydrogen-bond donors (Lipinski definition) is 1. The Balaban J connectivity index is 2.03. The Labute approximate surface area is 176 Å². The average Bonchev–Trinajstić information content (AvgIpc) is 3.07. The van der Waals surface area contributed by atoms with Gasteiger partial charge in [-0.05, 0) is 36.5 Å². The third-order valence-corrected chi connectivity index (χ3v) is 4.41. The topological polar surface area (TPSA) is 90.7 Å². The highest BCUT2D eigenvalue weighted by atomic mass is 35.5. The Hall–Kier alpha value is -3.17. The summed E-state index contributed by atoms with van der Waals surface area (Å²) < 4.78 is 17.6. The zero-order chi connectivity index (χ0) is 21.0. The minimum absolute atomic E-state index is 0.191. The molecule has 0 amide bonds. The summed E-state index contributed by atoms with van der Waals surface area (Å²) in [6.45, 7) is 1.30. The lowest BCUT2D eigenvalue weighted by Gasteiger charge is -2.13. The molecule has 1 heterocycles. The fourth-order valence-corrected chi connectivity index (χ4v) is 2.96. The van der Waals surface area contributed by atoms with Crippen LogP contribution >= 0.6 is 23.8 Å². The average molecular weight is 433 g/mol. The second-order valence-electron chi connectivity index (χ2n) is 5.74. The van der Waals surface area contributed by atoms with Crippen LogP contribution in [0.25, 0.3) is 11.4 Å². The number of aromatic nitrogens is 3. The van der Waals surface area contributed by atoms with Gasteiger partial charge in [0.25, 0.3) is 0 Å². The number of ether oxygens (including phenoxy) is 3. The Morgan fingerprint density at radius 3 is 2.48 bits per heavy atom. The normalized spacial score (nSPS) is 10.9. The smallest absolute Gasteiger partial charge is 0.308 e. The van der Waals surface area contributed by atoms with E-state index in [0.29, 0.717) is 38.2 Å². The summed E-state index contributed by atoms with van der Waals surface area (Å²) in [7, 11) is 2.93. The molecule has 8 nitrogen and oxygen atoms in total. The maximum absolute atomic E-state index is 11.4. The monoisotopic (exact) mass is 432 g/mol. The van der Waals surface area contributed by atoms with Crippen molar-refractivity contribution in [3.8, 4) is 28.6 Å². The highest BCUT2D eigenvalue weighted by molar-refractivity contribution is 7.71. The number of methoxy groups -OCH3 is 2. The second kappa shape index (κ2) is 8.89. The van der Waals surface area contributed by atoms with Gasteiger partial charge in [-0.25, -0.2) is 5.10 Å². The Kier molecular flexibility index (Phi) is 6.30. The lowest BCUT2D eigenvalue weighted by molar-refractivity contribution is -0.132. The number of carbonyl (C=O) groups is 1. The minimum atomic E-state index is -0.489. The van der Waals surface area contributed by atoms with Crippen molar-refractivity contribution < 1.29 is 19.0 Å². The molecule has 150 valence electrons. The van der Waals surface area contributed by atoms with Gasteiger partial charge in [-0.1, -0.05) is 23.7 Å². The summed E-state index contributed by atoms with van der Waals surface area (Å²) in [5, 5.41) is 11.9. The highest BCUT2D eigenvalue weighted by Crippen LogP contribution is 2.38. The van der Waals surface area contributed by atoms with Crippen molar-refractivity contribution in [1.82, 2.24) is 14.9 Å². The predicted octanol–water partition coefficient (Wildman–Crippen LogP) is 4.09. The molecule has 0 saturated carbocycles. The molecule has 0 aliphatic rings. The van der Waals surface area contributed by atoms with Gasteiger partial charge in [0.2, 0.25) is 10.5 Å². The van der Waals surface area contributed by atoms with Crippen LogP contribution in [0.3, 0.4) is 0 Å². The van der Waals surface area contributed by atoms with Gasteiger partial charge in [0.05, 0.1) is 25.5 Å². The molecule has 3 rings (SSSR count). The third kappa shape index (κ3) is 4.47. The molecule has 1 N–H and O–H groups in total. The molecule has 29 heavy (non-hydrogen) atoms. The molecule has 0 atom stereocenters. The van der Waals surface area contributed by atoms with Gasteiger partial charge < -0.3 is 14.2 Å². The number of nitrogens with zero attached hydrogens (tertiary/aromatic N) is 3. The van der Waals surface area contributed by atoms with Crippen molar-refractivity contribution >= 4 is 36.0 Å². The van der Waals surface area contributed by atoms with E-state index in [1.807, 2.05) is 18.2 Å². The minimum Gasteiger partial charge on any atom is -0.493 e. The van der Waals surface area contributed by atoms with Crippen LogP contribution < -0.4 is 14.2 Å². The largest absolute Gasteiger partial charge is 0.493 e. The van der Waals surface area contributed by atoms with E-state index in [2.05, 4.69) is 15.3 Å². The van der Waals surface area contributed by atoms with Crippen molar-refractivity contribution in [2.24, 2.45) is 5.10 Å². The number of esters is 1. The van der Waals surface area contributed by atoms with Crippen LogP contribution in [0.4, 0.5) is 0 Å². The number of hydrogen-bond acceptors (Lipinski definition) is 7. The summed E-state index contributed by atoms with van der Waals surface area (Å²) in [5.74, 6) is 0.812. The molecule has 0 spiro atoms. The van der Waals surface area contributed by atoms with Crippen LogP contribution in [0.5, 0.6) is 17.2 Å². The highest BCUT2D eigenvalue weighted by Gasteiger charge is 2.16. The molecular weight excluding hydrogens is 416 g/mol. The van der Waals surface area contributed by atoms with Gasteiger partial charge in [-0.3, -0.25) is 4.79 Å². The van der Waals surface area contributed by atoms with Gasteiger partial charge in [0, 0.05) is 18.1 Å². The van der Waals surface area contributed by atoms with Crippen LogP contribution in [0.2, 0.25) is 5.02 Å². The van der Waals surface area contributed by atoms with Gasteiger partial charge in [-0.15, -0.1) is 0 Å². The van der Waals surface area contributed by atoms with Gasteiger partial charge in [-0.2, -0.15) is 14.9 Å². The quantitative estimate of drug-likeness (QED) is 0.273. The van der Waals surface area contributed by atoms with Crippen LogP contribution in [0, 0.1) is 4.77 Å². The van der Waals surface area contributed by atoms with Crippen molar-refractivity contribution in [1.29, 1.82) is 0 Å². The SMILES string of the molecule is COc1cc(C=Nn2c(-c3ccccc3Cl)n[nH]c2=S)cc(OC)c1OC(C)=O. The van der Waals surface area contributed by atoms with Crippen molar-refractivity contribution in [2.75, 3.05) is 14.2 Å². The number of halogens is 1. The summed E-state index contributed by atoms with van der Waals surface area (Å²) >= 11 is 11.5. The number of benzene rings is 2. The Morgan fingerprint density at radius 1 is 1.24 bits per heavy atom. The van der Waals surface area contributed by atoms with Crippen LogP contribution in [0.1, 0.15) is 12.5 Å². The number of nitrogens with one attached hydrogen (secondary N) is 1. The Morgan fingerprint density at radius 2 is 1.90 bits per heavy atom. The van der Waals surface area contributed by atoms with Crippen molar-refractivity contribution in [3.05, 3.63) is 51.8 Å². The molecule has 10 heteroatoms. The van der Waals surface area contributed by atoms with E-state index < -0.39 is 5.97 Å². The van der Waals surface area contributed by atoms with Crippen LogP contribution in [-0.4, -0.2) is 41.3 Å². The first-order chi connectivity index (χ1) is 13.9. The molecule has 0 unspecified atom stereocenters. The van der Waals surface area contributed by atoms with Crippen LogP contribution in [0.15, 0.2) is 41.5 Å². The molecule has 0 saturated heterocycles. The molecule has 1 aromatic heterocycles. The second-order valence-corrected chi connectivity index (χ2v) is 6.53. The zero-order valence-corrected chi connectivity index (χ0v) is 17.4. The summed E-state index contributed by atoms with van der Waals surface area (Å²) in [5.41, 5.74) is 1.31. The zero-order valence-electron chi connectivity index (χ0n) is 15.8. The van der Waals surface area contributed by atoms with Gasteiger partial charge in [0.15, 0.2) is 17.3 Å². The molecule has 0 aliphatic carbocycles. The van der Waals surface area contributed by atoms with E-state index in [1.54, 1.807) is 24.4 Å². The molecular formula is C19H17ClN4O4S. The summed E-state index contributed by atoms with van der Waals surface area (Å²) in [4.78, 5) is 11.4. The molecule has 3 aromatic rings. The summed E-state index contributed by atoms with van der Waals surface area (Å²) in [6.07, 6.45) is 1.55. The summed E-state index contributed by atoms with van der Waals surface area (Å²) in [6, 6.07) is 10.6. The van der Waals surface area contributed by atoms with Crippen molar-refractivity contribution in [3.63, 3.8) is 0 Å². The van der Waals surface area contributed by atoms with E-state index in [-0.39, 0.29) is 5.75 Å². The molecule has 2 aromatic carbocycles. The van der Waals surface area contributed by atoms with E-state index in [9.17, 15) is 4.79 Å². The fourth-order valence-electron chi connectivity index (χ4n) is 2.56. The molecule has 0 fully saturated rings. The lowest BCUT2D eigenvalue weighted by Crippen LogP contribution is -2.05. The van der Waals surface area contributed by atoms with E-state index in [0.717, 1.165) is 0 Å². The Bertz CT molecular complexity index is 1110. The standard InChI is InChI=1S/C19H17ClN4O4S/c1-11(25)28-17-15(26-2)8-12(9-16(17)27-3)10-21-24-18(22-23-19(24)29)13-6-4-5-7-14(13)20/h4-10H,1-3H3,(H,23,29). The third-order valence-electron chi connectivity index (χ3n) is 3.82. The lowest BCUT2D eigenvalue weighted by atomic mass is 10.2. The first-order valence-electron chi connectivity index (χ1n) is 8.35. The number of rotatable bonds is 6. The molecule has 0 radical (unpaired) electrons. The van der Waals surface area contributed by atoms with Crippen molar-refractivity contribution in [2.45, 2.75) is 6.92 Å². The maximum Gasteiger partial charge on any atom is 0.308 e. The first kappa shape index (κ1) is 20.6. The van der Waals surface area contributed by atoms with Crippen LogP contribution in [-0.2, 0) is 4.79 Å². The van der Waals surface area contributed by atoms with Gasteiger partial charge in [0.1, 0.15) is 0 Å². The van der Waals surface area contributed by atoms with Gasteiger partial charge >= 0.3 is 5.97 Å². The maximum atomic E-state index is 11.4. The molecule has 0 bridgehead atoms. The predicted molar refractivity (Wildman–Crippen MR) is 112 cm³/mol. The fraction of sp³-hybridized carbons (Fsp3) is 0.158. The number of carbonyl (C=O) groups excluding carboxylic acids is 1. The number of aromatic amines is 1. The van der Waals surface area contributed by atoms with E-state index >= 15 is 0 Å². The first-order valence-corrected chi connectivity index (χ1v) is 9.14. The van der Waals surface area contributed by atoms with E-state index in [4.69, 9.17) is 38.0 Å². The number of H-pyrrole nitrogens is 1. The molecule has 0 aliphatic heterocycles. The van der Waals surface area contributed by atoms with E-state index in [1.165, 1.54) is 25.8 Å².